The van der Waals surface area contributed by atoms with E-state index in [1.807, 2.05) is 28.2 Å². The first-order valence-electron chi connectivity index (χ1n) is 25.6. The van der Waals surface area contributed by atoms with Crippen LogP contribution in [-0.4, -0.2) is 126 Å². The molecule has 28 heteroatoms. The largest absolute Gasteiger partial charge is 0.497 e. The highest BCUT2D eigenvalue weighted by Crippen LogP contribution is 2.67. The van der Waals surface area contributed by atoms with Crippen LogP contribution in [0.2, 0.25) is 10.0 Å². The molecule has 4 saturated carbocycles. The summed E-state index contributed by atoms with van der Waals surface area (Å²) in [5.74, 6) is 0.713. The number of thiazole rings is 2. The number of nitrogens with zero attached hydrogens (tertiary/aromatic N) is 6. The third-order valence-corrected chi connectivity index (χ3v) is 23.9. The maximum absolute atomic E-state index is 15.7. The molecule has 0 spiro atoms. The summed E-state index contributed by atoms with van der Waals surface area (Å²) in [6, 6.07) is 14.5. The summed E-state index contributed by atoms with van der Waals surface area (Å²) in [5, 5.41) is 10.5. The van der Waals surface area contributed by atoms with E-state index in [1.165, 1.54) is 40.8 Å². The Morgan fingerprint density at radius 3 is 1.26 bits per heavy atom. The molecular weight excluding hydrogens is 1270 g/mol. The smallest absolute Gasteiger partial charge is 0.269 e. The summed E-state index contributed by atoms with van der Waals surface area (Å²) in [4.78, 5) is 11.4. The summed E-state index contributed by atoms with van der Waals surface area (Å²) >= 11 is 41.4. The molecule has 0 bridgehead atoms. The average Bonchev–Trinajstić information content (AvgIpc) is 1.90. The van der Waals surface area contributed by atoms with Crippen molar-refractivity contribution in [2.45, 2.75) is 81.4 Å². The number of sulfonamides is 2. The van der Waals surface area contributed by atoms with Gasteiger partial charge in [-0.15, -0.1) is 69.1 Å². The second kappa shape index (κ2) is 24.7. The van der Waals surface area contributed by atoms with E-state index in [2.05, 4.69) is 30.4 Å². The molecule has 2 aromatic heterocycles. The minimum atomic E-state index is -4.44. The molecule has 4 fully saturated rings. The predicted octanol–water partition coefficient (Wildman–Crippen LogP) is 12.5. The van der Waals surface area contributed by atoms with E-state index in [0.717, 1.165) is 68.4 Å². The van der Waals surface area contributed by atoms with Gasteiger partial charge in [0.05, 0.1) is 62.9 Å². The van der Waals surface area contributed by atoms with Gasteiger partial charge in [0.1, 0.15) is 53.1 Å². The quantitative estimate of drug-likeness (QED) is 0.0693. The van der Waals surface area contributed by atoms with Gasteiger partial charge in [-0.25, -0.2) is 44.2 Å². The molecule has 0 saturated heterocycles. The van der Waals surface area contributed by atoms with Gasteiger partial charge in [0, 0.05) is 70.6 Å². The third kappa shape index (κ3) is 12.6. The summed E-state index contributed by atoms with van der Waals surface area (Å²) in [6.45, 7) is -0.318. The van der Waals surface area contributed by atoms with E-state index in [9.17, 15) is 16.8 Å². The van der Waals surface area contributed by atoms with E-state index in [4.69, 9.17) is 88.6 Å². The number of alkyl halides is 4. The van der Waals surface area contributed by atoms with Crippen LogP contribution in [0.15, 0.2) is 93.6 Å². The number of nitrogens with one attached hydrogen (secondary N) is 2. The summed E-state index contributed by atoms with van der Waals surface area (Å²) in [7, 11) is 4.97. The molecule has 16 nitrogen and oxygen atoms in total. The number of methoxy groups -OCH3 is 4. The van der Waals surface area contributed by atoms with Crippen LogP contribution in [-0.2, 0) is 33.1 Å². The Bertz CT molecular complexity index is 3280. The average molecular weight is 1330 g/mol. The van der Waals surface area contributed by atoms with Crippen LogP contribution in [0.25, 0.3) is 0 Å². The Balaban J connectivity index is 0.000000198. The van der Waals surface area contributed by atoms with Crippen molar-refractivity contribution in [2.24, 2.45) is 23.7 Å². The zero-order valence-corrected chi connectivity index (χ0v) is 53.4. The topological polar surface area (TPSA) is 168 Å². The van der Waals surface area contributed by atoms with Crippen molar-refractivity contribution >= 4 is 134 Å². The molecule has 10 rings (SSSR count). The third-order valence-electron chi connectivity index (χ3n) is 15.7. The summed E-state index contributed by atoms with van der Waals surface area (Å²) in [5.41, 5.74) is 1.67. The lowest BCUT2D eigenvalue weighted by Gasteiger charge is -2.36. The number of rotatable bonds is 20. The van der Waals surface area contributed by atoms with E-state index in [-0.39, 0.29) is 81.2 Å². The van der Waals surface area contributed by atoms with Crippen LogP contribution in [0.3, 0.4) is 0 Å². The zero-order valence-electron chi connectivity index (χ0n) is 45.6. The lowest BCUT2D eigenvalue weighted by molar-refractivity contribution is 0.204. The molecule has 6 aromatic rings. The predicted molar refractivity (Wildman–Crippen MR) is 324 cm³/mol. The number of halogens is 8. The highest BCUT2D eigenvalue weighted by atomic mass is 35.5. The number of aromatic nitrogens is 2. The molecule has 2 N–H and O–H groups in total. The standard InChI is InChI=1S/2C27H30Cl3FN4O4S2/c2*1-34(2)23-11-18-17(27(18,29)30)10-22(23)33-21-13-20(31)25(12-19(21)28)41(36,37)35(26-32-7-8-40-26)14-15-5-6-16(38-3)9-24(15)39-4/h2*5-9,12-13,17-18,22-23,33H,10-11,14H2,1-4H3/t17?,18-,22?,23+;17?,18-,22?,23-/m10/s1. The molecule has 0 radical (unpaired) electrons. The molecule has 0 aliphatic heterocycles. The van der Waals surface area contributed by atoms with Crippen molar-refractivity contribution in [2.75, 3.05) is 75.9 Å². The first-order valence-corrected chi connectivity index (χ1v) is 32.5. The van der Waals surface area contributed by atoms with E-state index in [0.29, 0.717) is 58.3 Å². The van der Waals surface area contributed by atoms with Crippen molar-refractivity contribution in [3.8, 4) is 23.0 Å². The normalized spacial score (nSPS) is 23.1. The number of ether oxygens (including phenoxy) is 4. The minimum Gasteiger partial charge on any atom is -0.497 e. The monoisotopic (exact) mass is 1320 g/mol. The van der Waals surface area contributed by atoms with Crippen molar-refractivity contribution in [1.29, 1.82) is 0 Å². The van der Waals surface area contributed by atoms with Crippen LogP contribution in [0.1, 0.15) is 36.8 Å². The maximum Gasteiger partial charge on any atom is 0.269 e. The van der Waals surface area contributed by atoms with Crippen molar-refractivity contribution < 1.29 is 44.6 Å². The Kier molecular flexibility index (Phi) is 18.9. The fourth-order valence-corrected chi connectivity index (χ4v) is 18.1. The van der Waals surface area contributed by atoms with Crippen molar-refractivity contribution in [3.63, 3.8) is 0 Å². The van der Waals surface area contributed by atoms with E-state index >= 15 is 8.78 Å². The van der Waals surface area contributed by atoms with Crippen LogP contribution >= 0.6 is 92.3 Å². The number of likely N-dealkylation sites (N-methyl/N-ethyl adjacent to an activating group) is 2. The molecule has 8 atom stereocenters. The van der Waals surface area contributed by atoms with Gasteiger partial charge < -0.3 is 39.4 Å². The van der Waals surface area contributed by atoms with Gasteiger partial charge in [-0.2, -0.15) is 0 Å². The maximum atomic E-state index is 15.7. The minimum absolute atomic E-state index is 0.0736. The van der Waals surface area contributed by atoms with Crippen LogP contribution in [0.5, 0.6) is 23.0 Å². The lowest BCUT2D eigenvalue weighted by atomic mass is 9.89. The van der Waals surface area contributed by atoms with Gasteiger partial charge in [0.25, 0.3) is 20.0 Å². The SMILES string of the molecule is COc1ccc(CN(c2nccs2)S(=O)(=O)c2cc(Cl)c(NC3CC4[C@@H](C[C@@H]3N(C)C)C4(Cl)Cl)cc2F)c(OC)c1.COc1ccc(CN(c2nccs2)S(=O)(=O)c2cc(Cl)c(NC3CC4[C@H](C[C@@H]3N(C)C)C4(Cl)Cl)cc2F)c(OC)c1. The molecule has 2 heterocycles. The van der Waals surface area contributed by atoms with Crippen LogP contribution in [0, 0.1) is 35.3 Å². The van der Waals surface area contributed by atoms with E-state index < -0.39 is 50.1 Å². The van der Waals surface area contributed by atoms with Gasteiger partial charge in [-0.1, -0.05) is 23.2 Å². The second-order valence-corrected chi connectivity index (χ2v) is 29.9. The van der Waals surface area contributed by atoms with E-state index in [1.54, 1.807) is 47.2 Å². The van der Waals surface area contributed by atoms with Crippen LogP contribution in [0.4, 0.5) is 30.4 Å². The van der Waals surface area contributed by atoms with Crippen LogP contribution < -0.4 is 38.2 Å². The van der Waals surface area contributed by atoms with Gasteiger partial charge in [-0.05, 0) is 126 Å². The first-order chi connectivity index (χ1) is 38.8. The summed E-state index contributed by atoms with van der Waals surface area (Å²) < 4.78 is 109. The van der Waals surface area contributed by atoms with Crippen molar-refractivity contribution in [3.05, 3.63) is 117 Å². The highest BCUT2D eigenvalue weighted by molar-refractivity contribution is 7.93. The first kappa shape index (κ1) is 62.5. The molecule has 0 amide bonds. The lowest BCUT2D eigenvalue weighted by Crippen LogP contribution is -2.46. The number of hydrogen-bond acceptors (Lipinski definition) is 16. The molecule has 4 aromatic carbocycles. The van der Waals surface area contributed by atoms with Gasteiger partial charge in [0.15, 0.2) is 10.3 Å². The summed E-state index contributed by atoms with van der Waals surface area (Å²) in [6.07, 6.45) is 5.89. The van der Waals surface area contributed by atoms with Gasteiger partial charge in [-0.3, -0.25) is 0 Å². The zero-order chi connectivity index (χ0) is 59.4. The number of hydrogen-bond donors (Lipinski definition) is 2. The fourth-order valence-electron chi connectivity index (χ4n) is 11.1. The molecule has 444 valence electrons. The Morgan fingerprint density at radius 1 is 0.573 bits per heavy atom. The van der Waals surface area contributed by atoms with Gasteiger partial charge in [0.2, 0.25) is 0 Å². The Morgan fingerprint density at radius 2 is 0.939 bits per heavy atom. The Hall–Kier alpha value is -4.04. The number of anilines is 4. The highest BCUT2D eigenvalue weighted by Gasteiger charge is 2.67. The molecule has 4 aliphatic carbocycles. The fraction of sp³-hybridized carbons (Fsp3) is 0.444. The van der Waals surface area contributed by atoms with Gasteiger partial charge >= 0.3 is 0 Å². The number of fused-ring (bicyclic) bond motifs is 2. The molecule has 4 aliphatic rings. The second-order valence-electron chi connectivity index (χ2n) is 20.8. The molecular formula is C54H60Cl6F2N8O8S4. The Labute approximate surface area is 514 Å². The number of benzene rings is 4. The molecule has 4 unspecified atom stereocenters. The molecule has 82 heavy (non-hydrogen) atoms. The van der Waals surface area contributed by atoms with Crippen molar-refractivity contribution in [1.82, 2.24) is 19.8 Å².